The number of nitrogens with zero attached hydrogens (tertiary/aromatic N) is 1. The van der Waals surface area contributed by atoms with Crippen LogP contribution in [0.2, 0.25) is 0 Å². The highest BCUT2D eigenvalue weighted by atomic mass is 15.0. The maximum Gasteiger partial charge on any atom is 0.129 e. The average Bonchev–Trinajstić information content (AvgIpc) is 2.65. The Kier molecular flexibility index (Phi) is 2.79. The van der Waals surface area contributed by atoms with Gasteiger partial charge in [0.2, 0.25) is 0 Å². The Morgan fingerprint density at radius 3 is 3.43 bits per heavy atom. The summed E-state index contributed by atoms with van der Waals surface area (Å²) in [5.41, 5.74) is 2.51. The zero-order chi connectivity index (χ0) is 9.80. The Bertz CT molecular complexity index is 344. The highest BCUT2D eigenvalue weighted by Gasteiger charge is 2.10. The van der Waals surface area contributed by atoms with E-state index in [1.807, 2.05) is 13.2 Å². The quantitative estimate of drug-likeness (QED) is 0.752. The molecule has 2 rings (SSSR count). The van der Waals surface area contributed by atoms with Gasteiger partial charge >= 0.3 is 0 Å². The van der Waals surface area contributed by atoms with Gasteiger partial charge in [-0.2, -0.15) is 0 Å². The van der Waals surface area contributed by atoms with Crippen molar-refractivity contribution in [2.75, 3.05) is 25.5 Å². The number of nitrogens with one attached hydrogen (secondary N) is 2. The maximum atomic E-state index is 4.36. The summed E-state index contributed by atoms with van der Waals surface area (Å²) < 4.78 is 0. The maximum absolute atomic E-state index is 4.36. The molecule has 0 radical (unpaired) electrons. The topological polar surface area (TPSA) is 37.0 Å². The third-order valence-corrected chi connectivity index (χ3v) is 2.31. The predicted octanol–water partition coefficient (Wildman–Crippen LogP) is 1.28. The molecule has 1 aliphatic heterocycles. The van der Waals surface area contributed by atoms with Crippen molar-refractivity contribution in [3.05, 3.63) is 29.5 Å². The molecule has 0 saturated carbocycles. The van der Waals surface area contributed by atoms with Crippen LogP contribution in [0.5, 0.6) is 0 Å². The second kappa shape index (κ2) is 4.24. The molecule has 2 N–H and O–H groups in total. The number of pyridine rings is 1. The second-order valence-corrected chi connectivity index (χ2v) is 3.41. The summed E-state index contributed by atoms with van der Waals surface area (Å²) in [6, 6.07) is 2.20. The van der Waals surface area contributed by atoms with Crippen molar-refractivity contribution in [1.29, 1.82) is 0 Å². The van der Waals surface area contributed by atoms with E-state index in [4.69, 9.17) is 0 Å². The molecule has 3 nitrogen and oxygen atoms in total. The SMILES string of the molecule is CNCC=Cc1cnc2c(c1)CCN2. The standard InChI is InChI=1S/C11H15N3/c1-12-5-2-3-9-7-10-4-6-13-11(10)14-8-9/h2-3,7-8,12H,4-6H2,1H3,(H,13,14). The number of rotatable bonds is 3. The summed E-state index contributed by atoms with van der Waals surface area (Å²) in [6.45, 7) is 1.92. The van der Waals surface area contributed by atoms with E-state index >= 15 is 0 Å². The van der Waals surface area contributed by atoms with Crippen LogP contribution in [0, 0.1) is 0 Å². The molecule has 0 spiro atoms. The van der Waals surface area contributed by atoms with Gasteiger partial charge in [0.1, 0.15) is 5.82 Å². The van der Waals surface area contributed by atoms with Gasteiger partial charge in [0.05, 0.1) is 0 Å². The third-order valence-electron chi connectivity index (χ3n) is 2.31. The molecule has 0 unspecified atom stereocenters. The van der Waals surface area contributed by atoms with Gasteiger partial charge in [-0.25, -0.2) is 4.98 Å². The lowest BCUT2D eigenvalue weighted by atomic mass is 10.1. The van der Waals surface area contributed by atoms with E-state index in [2.05, 4.69) is 33.8 Å². The first-order valence-corrected chi connectivity index (χ1v) is 4.94. The minimum atomic E-state index is 0.898. The molecule has 0 aliphatic carbocycles. The molecule has 1 aromatic heterocycles. The number of fused-ring (bicyclic) bond motifs is 1. The van der Waals surface area contributed by atoms with Crippen molar-refractivity contribution in [2.24, 2.45) is 0 Å². The normalized spacial score (nSPS) is 14.4. The lowest BCUT2D eigenvalue weighted by molar-refractivity contribution is 0.922. The highest BCUT2D eigenvalue weighted by molar-refractivity contribution is 5.57. The fourth-order valence-corrected chi connectivity index (χ4v) is 1.60. The van der Waals surface area contributed by atoms with E-state index in [9.17, 15) is 0 Å². The van der Waals surface area contributed by atoms with Gasteiger partial charge in [-0.3, -0.25) is 0 Å². The third kappa shape index (κ3) is 1.93. The van der Waals surface area contributed by atoms with E-state index < -0.39 is 0 Å². The van der Waals surface area contributed by atoms with Gasteiger partial charge in [0, 0.05) is 19.3 Å². The monoisotopic (exact) mass is 189 g/mol. The summed E-state index contributed by atoms with van der Waals surface area (Å²) in [6.07, 6.45) is 7.20. The van der Waals surface area contributed by atoms with Crippen LogP contribution >= 0.6 is 0 Å². The molecule has 0 aromatic carbocycles. The summed E-state index contributed by atoms with van der Waals surface area (Å²) in [5, 5.41) is 6.32. The average molecular weight is 189 g/mol. The van der Waals surface area contributed by atoms with Gasteiger partial charge in [-0.1, -0.05) is 12.2 Å². The zero-order valence-corrected chi connectivity index (χ0v) is 8.38. The fraction of sp³-hybridized carbons (Fsp3) is 0.364. The van der Waals surface area contributed by atoms with Crippen molar-refractivity contribution in [3.63, 3.8) is 0 Å². The fourth-order valence-electron chi connectivity index (χ4n) is 1.60. The van der Waals surface area contributed by atoms with Crippen LogP contribution < -0.4 is 10.6 Å². The van der Waals surface area contributed by atoms with Crippen LogP contribution in [0.1, 0.15) is 11.1 Å². The number of anilines is 1. The van der Waals surface area contributed by atoms with Crippen molar-refractivity contribution < 1.29 is 0 Å². The van der Waals surface area contributed by atoms with Gasteiger partial charge in [-0.05, 0) is 30.7 Å². The molecular weight excluding hydrogens is 174 g/mol. The Morgan fingerprint density at radius 2 is 2.57 bits per heavy atom. The molecule has 1 aromatic rings. The Labute approximate surface area is 84.2 Å². The van der Waals surface area contributed by atoms with E-state index in [-0.39, 0.29) is 0 Å². The molecule has 2 heterocycles. The largest absolute Gasteiger partial charge is 0.370 e. The van der Waals surface area contributed by atoms with Crippen LogP contribution in [0.3, 0.4) is 0 Å². The van der Waals surface area contributed by atoms with Crippen LogP contribution in [0.15, 0.2) is 18.3 Å². The number of likely N-dealkylation sites (N-methyl/N-ethyl adjacent to an activating group) is 1. The van der Waals surface area contributed by atoms with Crippen molar-refractivity contribution in [1.82, 2.24) is 10.3 Å². The van der Waals surface area contributed by atoms with Gasteiger partial charge < -0.3 is 10.6 Å². The first kappa shape index (κ1) is 9.21. The first-order chi connectivity index (χ1) is 6.90. The van der Waals surface area contributed by atoms with Crippen molar-refractivity contribution in [2.45, 2.75) is 6.42 Å². The molecule has 0 atom stereocenters. The molecule has 1 aliphatic rings. The van der Waals surface area contributed by atoms with Crippen LogP contribution in [-0.2, 0) is 6.42 Å². The van der Waals surface area contributed by atoms with E-state index in [1.54, 1.807) is 0 Å². The Hall–Kier alpha value is -1.35. The lowest BCUT2D eigenvalue weighted by Gasteiger charge is -1.99. The Balaban J connectivity index is 2.12. The minimum absolute atomic E-state index is 0.898. The van der Waals surface area contributed by atoms with Gasteiger partial charge in [0.15, 0.2) is 0 Å². The summed E-state index contributed by atoms with van der Waals surface area (Å²) >= 11 is 0. The van der Waals surface area contributed by atoms with E-state index in [0.717, 1.165) is 25.3 Å². The highest BCUT2D eigenvalue weighted by Crippen LogP contribution is 2.20. The summed E-state index contributed by atoms with van der Waals surface area (Å²) in [7, 11) is 1.94. The van der Waals surface area contributed by atoms with E-state index in [0.29, 0.717) is 0 Å². The molecule has 0 saturated heterocycles. The zero-order valence-electron chi connectivity index (χ0n) is 8.38. The summed E-state index contributed by atoms with van der Waals surface area (Å²) in [4.78, 5) is 4.36. The van der Waals surface area contributed by atoms with Crippen LogP contribution in [0.4, 0.5) is 5.82 Å². The van der Waals surface area contributed by atoms with Crippen LogP contribution in [-0.4, -0.2) is 25.1 Å². The second-order valence-electron chi connectivity index (χ2n) is 3.41. The van der Waals surface area contributed by atoms with Crippen molar-refractivity contribution in [3.8, 4) is 0 Å². The predicted molar refractivity (Wildman–Crippen MR) is 59.4 cm³/mol. The number of hydrogen-bond acceptors (Lipinski definition) is 3. The Morgan fingerprint density at radius 1 is 1.64 bits per heavy atom. The van der Waals surface area contributed by atoms with E-state index in [1.165, 1.54) is 11.1 Å². The van der Waals surface area contributed by atoms with Gasteiger partial charge in [-0.15, -0.1) is 0 Å². The molecule has 0 fully saturated rings. The molecule has 3 heteroatoms. The molecule has 0 amide bonds. The van der Waals surface area contributed by atoms with Crippen LogP contribution in [0.25, 0.3) is 6.08 Å². The van der Waals surface area contributed by atoms with Crippen molar-refractivity contribution >= 4 is 11.9 Å². The number of aromatic nitrogens is 1. The smallest absolute Gasteiger partial charge is 0.129 e. The molecule has 14 heavy (non-hydrogen) atoms. The molecule has 74 valence electrons. The number of hydrogen-bond donors (Lipinski definition) is 2. The van der Waals surface area contributed by atoms with Gasteiger partial charge in [0.25, 0.3) is 0 Å². The first-order valence-electron chi connectivity index (χ1n) is 4.94. The molecule has 0 bridgehead atoms. The lowest BCUT2D eigenvalue weighted by Crippen LogP contribution is -2.03. The minimum Gasteiger partial charge on any atom is -0.370 e. The molecular formula is C11H15N3. The summed E-state index contributed by atoms with van der Waals surface area (Å²) in [5.74, 6) is 1.05.